The minimum atomic E-state index is 0.688. The monoisotopic (exact) mass is 233 g/mol. The molecule has 17 heavy (non-hydrogen) atoms. The van der Waals surface area contributed by atoms with Crippen molar-refractivity contribution in [2.45, 2.75) is 33.4 Å². The number of nitrogens with one attached hydrogen (secondary N) is 1. The predicted molar refractivity (Wildman–Crippen MR) is 72.9 cm³/mol. The molecule has 0 aliphatic rings. The Morgan fingerprint density at radius 3 is 2.53 bits per heavy atom. The van der Waals surface area contributed by atoms with Crippen molar-refractivity contribution in [2.24, 2.45) is 0 Å². The second-order valence-electron chi connectivity index (χ2n) is 4.08. The van der Waals surface area contributed by atoms with Gasteiger partial charge in [0.1, 0.15) is 0 Å². The Morgan fingerprint density at radius 2 is 1.88 bits per heavy atom. The van der Waals surface area contributed by atoms with Gasteiger partial charge in [0.2, 0.25) is 0 Å². The summed E-state index contributed by atoms with van der Waals surface area (Å²) in [6, 6.07) is 8.60. The van der Waals surface area contributed by atoms with Crippen LogP contribution in [0.3, 0.4) is 0 Å². The van der Waals surface area contributed by atoms with E-state index in [2.05, 4.69) is 36.5 Å². The number of hydrogen-bond acceptors (Lipinski definition) is 2. The molecule has 0 unspecified atom stereocenters. The van der Waals surface area contributed by atoms with E-state index in [1.165, 1.54) is 17.5 Å². The van der Waals surface area contributed by atoms with Crippen LogP contribution in [-0.4, -0.2) is 13.2 Å². The average molecular weight is 233 g/mol. The molecule has 0 atom stereocenters. The molecule has 0 spiro atoms. The molecule has 2 heteroatoms. The largest absolute Gasteiger partial charge is 0.373 e. The summed E-state index contributed by atoms with van der Waals surface area (Å²) in [5, 5.41) is 3.39. The van der Waals surface area contributed by atoms with Gasteiger partial charge >= 0.3 is 0 Å². The molecule has 1 rings (SSSR count). The van der Waals surface area contributed by atoms with Crippen LogP contribution in [0.4, 0.5) is 0 Å². The third kappa shape index (κ3) is 6.25. The zero-order chi connectivity index (χ0) is 12.3. The van der Waals surface area contributed by atoms with Gasteiger partial charge in [-0.15, -0.1) is 0 Å². The predicted octanol–water partition coefficient (Wildman–Crippen LogP) is 3.28. The van der Waals surface area contributed by atoms with Gasteiger partial charge in [-0.05, 0) is 31.0 Å². The van der Waals surface area contributed by atoms with Gasteiger partial charge < -0.3 is 10.1 Å². The first-order valence-corrected chi connectivity index (χ1v) is 6.34. The van der Waals surface area contributed by atoms with Crippen molar-refractivity contribution < 1.29 is 4.74 Å². The average Bonchev–Trinajstić information content (AvgIpc) is 2.37. The lowest BCUT2D eigenvalue weighted by Gasteiger charge is -2.05. The Kier molecular flexibility index (Phi) is 7.35. The normalized spacial score (nSPS) is 11.2. The molecule has 0 amide bonds. The summed E-state index contributed by atoms with van der Waals surface area (Å²) in [5.41, 5.74) is 2.56. The second-order valence-corrected chi connectivity index (χ2v) is 4.08. The van der Waals surface area contributed by atoms with E-state index in [1.807, 2.05) is 19.1 Å². The lowest BCUT2D eigenvalue weighted by atomic mass is 10.1. The van der Waals surface area contributed by atoms with Crippen molar-refractivity contribution in [3.05, 3.63) is 47.5 Å². The van der Waals surface area contributed by atoms with E-state index in [1.54, 1.807) is 0 Å². The Hall–Kier alpha value is -1.12. The zero-order valence-electron chi connectivity index (χ0n) is 10.9. The van der Waals surface area contributed by atoms with Crippen LogP contribution >= 0.6 is 0 Å². The zero-order valence-corrected chi connectivity index (χ0v) is 10.9. The molecule has 0 heterocycles. The van der Waals surface area contributed by atoms with Gasteiger partial charge in [-0.3, -0.25) is 0 Å². The summed E-state index contributed by atoms with van der Waals surface area (Å²) in [4.78, 5) is 0. The van der Waals surface area contributed by atoms with E-state index in [0.717, 1.165) is 13.1 Å². The van der Waals surface area contributed by atoms with Crippen LogP contribution in [0.5, 0.6) is 0 Å². The third-order valence-electron chi connectivity index (χ3n) is 2.50. The fourth-order valence-electron chi connectivity index (χ4n) is 1.50. The van der Waals surface area contributed by atoms with Crippen molar-refractivity contribution >= 4 is 0 Å². The van der Waals surface area contributed by atoms with Gasteiger partial charge in [-0.1, -0.05) is 43.3 Å². The molecular formula is C15H23NO. The maximum absolute atomic E-state index is 5.50. The van der Waals surface area contributed by atoms with Gasteiger partial charge in [0.05, 0.1) is 13.2 Å². The molecular weight excluding hydrogens is 210 g/mol. The molecule has 1 N–H and O–H groups in total. The van der Waals surface area contributed by atoms with Gasteiger partial charge in [0.25, 0.3) is 0 Å². The summed E-state index contributed by atoms with van der Waals surface area (Å²) >= 11 is 0. The first-order chi connectivity index (χ1) is 8.36. The maximum atomic E-state index is 5.50. The Balaban J connectivity index is 2.29. The number of allylic oxidation sites excluding steroid dienone is 1. The number of rotatable bonds is 8. The van der Waals surface area contributed by atoms with Crippen molar-refractivity contribution in [2.75, 3.05) is 13.2 Å². The summed E-state index contributed by atoms with van der Waals surface area (Å²) in [6.07, 6.45) is 5.20. The Labute approximate surface area is 105 Å². The van der Waals surface area contributed by atoms with Gasteiger partial charge in [-0.2, -0.15) is 0 Å². The number of ether oxygens (including phenoxy) is 1. The lowest BCUT2D eigenvalue weighted by molar-refractivity contribution is 0.148. The maximum Gasteiger partial charge on any atom is 0.0721 e. The summed E-state index contributed by atoms with van der Waals surface area (Å²) in [5.74, 6) is 0. The van der Waals surface area contributed by atoms with Crippen LogP contribution in [0.2, 0.25) is 0 Å². The smallest absolute Gasteiger partial charge is 0.0721 e. The van der Waals surface area contributed by atoms with Crippen molar-refractivity contribution in [3.63, 3.8) is 0 Å². The molecule has 2 nitrogen and oxygen atoms in total. The van der Waals surface area contributed by atoms with Crippen LogP contribution in [0, 0.1) is 0 Å². The Morgan fingerprint density at radius 1 is 1.18 bits per heavy atom. The molecule has 0 aliphatic heterocycles. The highest BCUT2D eigenvalue weighted by atomic mass is 16.5. The summed E-state index contributed by atoms with van der Waals surface area (Å²) in [6.45, 7) is 7.59. The van der Waals surface area contributed by atoms with Crippen LogP contribution in [0.25, 0.3) is 0 Å². The van der Waals surface area contributed by atoms with E-state index in [4.69, 9.17) is 4.74 Å². The molecule has 1 aromatic carbocycles. The third-order valence-corrected chi connectivity index (χ3v) is 2.50. The van der Waals surface area contributed by atoms with E-state index >= 15 is 0 Å². The van der Waals surface area contributed by atoms with Crippen LogP contribution in [0.1, 0.15) is 31.4 Å². The van der Waals surface area contributed by atoms with Gasteiger partial charge in [0, 0.05) is 6.54 Å². The molecule has 94 valence electrons. The van der Waals surface area contributed by atoms with Crippen molar-refractivity contribution in [3.8, 4) is 0 Å². The highest BCUT2D eigenvalue weighted by Crippen LogP contribution is 2.05. The lowest BCUT2D eigenvalue weighted by Crippen LogP contribution is -2.13. The minimum absolute atomic E-state index is 0.688. The van der Waals surface area contributed by atoms with Crippen molar-refractivity contribution in [1.82, 2.24) is 5.32 Å². The van der Waals surface area contributed by atoms with E-state index < -0.39 is 0 Å². The topological polar surface area (TPSA) is 21.3 Å². The van der Waals surface area contributed by atoms with Crippen LogP contribution < -0.4 is 5.32 Å². The summed E-state index contributed by atoms with van der Waals surface area (Å²) < 4.78 is 5.50. The van der Waals surface area contributed by atoms with Crippen LogP contribution in [0.15, 0.2) is 36.4 Å². The number of benzene rings is 1. The first kappa shape index (κ1) is 13.9. The van der Waals surface area contributed by atoms with Crippen LogP contribution in [-0.2, 0) is 17.9 Å². The molecule has 0 bridgehead atoms. The van der Waals surface area contributed by atoms with Gasteiger partial charge in [-0.25, -0.2) is 0 Å². The highest BCUT2D eigenvalue weighted by molar-refractivity contribution is 5.21. The summed E-state index contributed by atoms with van der Waals surface area (Å²) in [7, 11) is 0. The second kappa shape index (κ2) is 8.97. The number of hydrogen-bond donors (Lipinski definition) is 1. The minimum Gasteiger partial charge on any atom is -0.373 e. The fourth-order valence-corrected chi connectivity index (χ4v) is 1.50. The van der Waals surface area contributed by atoms with E-state index in [9.17, 15) is 0 Å². The molecule has 0 radical (unpaired) electrons. The standard InChI is InChI=1S/C15H23NO/c1-3-5-11-17-13-15-8-6-14(7-9-15)12-16-10-4-2/h3,5-9,16H,4,10-13H2,1-2H3. The molecule has 0 saturated carbocycles. The highest BCUT2D eigenvalue weighted by Gasteiger charge is 1.94. The van der Waals surface area contributed by atoms with E-state index in [-0.39, 0.29) is 0 Å². The fraction of sp³-hybridized carbons (Fsp3) is 0.467. The molecule has 0 aromatic heterocycles. The molecule has 0 saturated heterocycles. The molecule has 0 aliphatic carbocycles. The first-order valence-electron chi connectivity index (χ1n) is 6.34. The Bertz CT molecular complexity index is 316. The quantitative estimate of drug-likeness (QED) is 0.549. The SMILES string of the molecule is CC=CCOCc1ccc(CNCCC)cc1. The molecule has 0 fully saturated rings. The van der Waals surface area contributed by atoms with Crippen molar-refractivity contribution in [1.29, 1.82) is 0 Å². The molecule has 1 aromatic rings. The van der Waals surface area contributed by atoms with Gasteiger partial charge in [0.15, 0.2) is 0 Å². The van der Waals surface area contributed by atoms with E-state index in [0.29, 0.717) is 13.2 Å².